The van der Waals surface area contributed by atoms with Gasteiger partial charge < -0.3 is 4.57 Å². The Hall–Kier alpha value is -5.78. The van der Waals surface area contributed by atoms with Gasteiger partial charge in [0.1, 0.15) is 0 Å². The number of rotatable bonds is 3. The summed E-state index contributed by atoms with van der Waals surface area (Å²) >= 11 is 0.694. The molecule has 0 atom stereocenters. The number of nitrogens with zero attached hydrogens (tertiary/aromatic N) is 4. The summed E-state index contributed by atoms with van der Waals surface area (Å²) in [6.45, 7) is 0. The summed E-state index contributed by atoms with van der Waals surface area (Å²) in [5, 5.41) is -1.83. The fourth-order valence-corrected chi connectivity index (χ4v) is 6.35. The molecule has 4 heterocycles. The molecular weight excluding hydrogens is 569 g/mol. The minimum atomic E-state index is -0.941. The third-order valence-electron chi connectivity index (χ3n) is 7.31. The largest absolute Gasteiger partial charge is 0.309 e. The van der Waals surface area contributed by atoms with Crippen LogP contribution in [0.5, 0.6) is 0 Å². The quantitative estimate of drug-likeness (QED) is 0.198. The number of hydrogen-bond acceptors (Lipinski definition) is 3. The van der Waals surface area contributed by atoms with E-state index in [2.05, 4.69) is 9.97 Å². The van der Waals surface area contributed by atoms with Crippen molar-refractivity contribution in [3.63, 3.8) is 0 Å². The van der Waals surface area contributed by atoms with Crippen LogP contribution in [0.15, 0.2) is 145 Å². The summed E-state index contributed by atoms with van der Waals surface area (Å²) in [6, 6.07) is -18.0. The molecule has 5 heteroatoms. The molecular formula is C40H24N4S. The van der Waals surface area contributed by atoms with E-state index in [1.807, 2.05) is 0 Å². The summed E-state index contributed by atoms with van der Waals surface area (Å²) in [4.78, 5) is 8.92. The molecule has 0 saturated heterocycles. The molecule has 0 bridgehead atoms. The van der Waals surface area contributed by atoms with Crippen LogP contribution in [0.25, 0.3) is 86.7 Å². The first kappa shape index (κ1) is 11.0. The molecule has 6 aromatic carbocycles. The predicted molar refractivity (Wildman–Crippen MR) is 189 cm³/mol. The van der Waals surface area contributed by atoms with Gasteiger partial charge in [0, 0.05) is 37.2 Å². The molecule has 0 N–H and O–H groups in total. The molecule has 0 aliphatic rings. The van der Waals surface area contributed by atoms with Crippen LogP contribution in [0.3, 0.4) is 0 Å². The van der Waals surface area contributed by atoms with Crippen LogP contribution in [0, 0.1) is 0 Å². The van der Waals surface area contributed by atoms with E-state index in [1.54, 1.807) is 0 Å². The van der Waals surface area contributed by atoms with Crippen molar-refractivity contribution in [2.45, 2.75) is 0 Å². The van der Waals surface area contributed by atoms with Gasteiger partial charge in [-0.2, -0.15) is 0 Å². The summed E-state index contributed by atoms with van der Waals surface area (Å²) in [6.07, 6.45) is -0.601. The summed E-state index contributed by atoms with van der Waals surface area (Å²) in [7, 11) is 0. The maximum absolute atomic E-state index is 9.80. The zero-order valence-electron chi connectivity index (χ0n) is 46.2. The van der Waals surface area contributed by atoms with Gasteiger partial charge in [-0.1, -0.05) is 96.7 Å². The van der Waals surface area contributed by atoms with Gasteiger partial charge in [0.05, 0.1) is 77.0 Å². The van der Waals surface area contributed by atoms with Crippen molar-refractivity contribution in [2.75, 3.05) is 0 Å². The summed E-state index contributed by atoms with van der Waals surface area (Å²) in [5.41, 5.74) is -4.29. The Morgan fingerprint density at radius 1 is 0.511 bits per heavy atom. The van der Waals surface area contributed by atoms with Crippen LogP contribution in [0.4, 0.5) is 0 Å². The van der Waals surface area contributed by atoms with Crippen molar-refractivity contribution >= 4 is 75.3 Å². The number of benzene rings is 6. The highest BCUT2D eigenvalue weighted by Gasteiger charge is 2.18. The molecule has 0 aliphatic carbocycles. The van der Waals surface area contributed by atoms with Crippen LogP contribution in [0.1, 0.15) is 32.9 Å². The van der Waals surface area contributed by atoms with Gasteiger partial charge in [0.15, 0.2) is 0 Å². The Bertz CT molecular complexity index is 3980. The monoisotopic (exact) mass is 616 g/mol. The molecule has 0 unspecified atom stereocenters. The van der Waals surface area contributed by atoms with Crippen LogP contribution >= 0.6 is 11.3 Å². The molecule has 0 amide bonds. The Morgan fingerprint density at radius 2 is 1.04 bits per heavy atom. The van der Waals surface area contributed by atoms with E-state index in [1.165, 1.54) is 0 Å². The second-order valence-corrected chi connectivity index (χ2v) is 10.7. The molecule has 10 aromatic rings. The van der Waals surface area contributed by atoms with E-state index in [9.17, 15) is 6.85 Å². The second-order valence-electron chi connectivity index (χ2n) is 9.66. The predicted octanol–water partition coefficient (Wildman–Crippen LogP) is 10.7. The Labute approximate surface area is 295 Å². The number of fused-ring (bicyclic) bond motifs is 9. The summed E-state index contributed by atoms with van der Waals surface area (Å²) in [5.74, 6) is -0.583. The first-order valence-corrected chi connectivity index (χ1v) is 14.0. The van der Waals surface area contributed by atoms with E-state index in [0.717, 1.165) is 9.13 Å². The van der Waals surface area contributed by atoms with Crippen LogP contribution in [-0.2, 0) is 0 Å². The maximum atomic E-state index is 9.80. The standard InChI is InChI=1S/C40H24N4S/c1-6-16-32(43-33-17-7-2-12-27(33)28-13-3-8-18-34(28)43)26(11-1)25-21-22-37-31(23-25)39-38(45-37)24-41-40(42-39)44-35-19-9-4-14-29(35)30-15-5-10-20-36(30)44/h1-24H/i1D,2D,3D,4D,5D,6D,7D,8D,9D,10D,11D,12D,13D,14D,15D,16D,17D,18D,19D,20D,21D,22D,23D,24D. The van der Waals surface area contributed by atoms with Crippen molar-refractivity contribution in [1.82, 2.24) is 19.1 Å². The highest BCUT2D eigenvalue weighted by molar-refractivity contribution is 7.25. The SMILES string of the molecule is [2H]c1c([2H])c([2H])c(-n2c3c([2H])c([2H])c([2H])c([2H])c3c3c([2H])c([2H])c([2H])c([2H])c32)c(-c2c([2H])c([2H])c3sc4c([2H])nc(-n5c6c([2H])c([2H])c([2H])c([2H])c6c6c([2H])c([2H])c([2H])c([2H])c65)nc4c3c2[2H])c1[2H]. The third kappa shape index (κ3) is 3.53. The molecule has 210 valence electrons. The average Bonchev–Trinajstić information content (AvgIpc) is 4.01. The zero-order chi connectivity index (χ0) is 50.4. The number of thiophene rings is 1. The minimum absolute atomic E-state index is 0.110. The lowest BCUT2D eigenvalue weighted by Crippen LogP contribution is -2.00. The van der Waals surface area contributed by atoms with E-state index in [4.69, 9.17) is 26.0 Å². The topological polar surface area (TPSA) is 35.6 Å². The second kappa shape index (κ2) is 9.36. The molecule has 0 aliphatic heterocycles. The number of aromatic nitrogens is 4. The first-order valence-electron chi connectivity index (χ1n) is 25.1. The van der Waals surface area contributed by atoms with E-state index in [-0.39, 0.29) is 31.1 Å². The Balaban J connectivity index is 1.40. The summed E-state index contributed by atoms with van der Waals surface area (Å²) < 4.78 is 214. The lowest BCUT2D eigenvalue weighted by molar-refractivity contribution is 1.01. The molecule has 4 nitrogen and oxygen atoms in total. The Morgan fingerprint density at radius 3 is 1.67 bits per heavy atom. The van der Waals surface area contributed by atoms with Crippen molar-refractivity contribution < 1.29 is 32.9 Å². The lowest BCUT2D eigenvalue weighted by atomic mass is 10.0. The van der Waals surface area contributed by atoms with Gasteiger partial charge >= 0.3 is 0 Å². The van der Waals surface area contributed by atoms with Gasteiger partial charge in [-0.25, -0.2) is 9.97 Å². The number of para-hydroxylation sites is 5. The van der Waals surface area contributed by atoms with E-state index in [0.29, 0.717) is 11.3 Å². The fraction of sp³-hybridized carbons (Fsp3) is 0. The van der Waals surface area contributed by atoms with Crippen molar-refractivity contribution in [3.8, 4) is 22.8 Å². The molecule has 4 aromatic heterocycles. The lowest BCUT2D eigenvalue weighted by Gasteiger charge is -2.14. The minimum Gasteiger partial charge on any atom is -0.309 e. The molecule has 0 radical (unpaired) electrons. The average molecular weight is 617 g/mol. The molecule has 10 rings (SSSR count). The first-order chi connectivity index (χ1) is 32.3. The van der Waals surface area contributed by atoms with Crippen LogP contribution in [0.2, 0.25) is 0 Å². The van der Waals surface area contributed by atoms with Gasteiger partial charge in [-0.15, -0.1) is 11.3 Å². The molecule has 0 fully saturated rings. The van der Waals surface area contributed by atoms with Crippen molar-refractivity contribution in [3.05, 3.63) is 145 Å². The third-order valence-corrected chi connectivity index (χ3v) is 8.31. The molecule has 0 spiro atoms. The molecule has 45 heavy (non-hydrogen) atoms. The normalized spacial score (nSPS) is 19.5. The highest BCUT2D eigenvalue weighted by atomic mass is 32.1. The smallest absolute Gasteiger partial charge is 0.235 e. The van der Waals surface area contributed by atoms with Crippen molar-refractivity contribution in [1.29, 1.82) is 0 Å². The fourth-order valence-electron chi connectivity index (χ4n) is 5.45. The maximum Gasteiger partial charge on any atom is 0.235 e. The van der Waals surface area contributed by atoms with Crippen molar-refractivity contribution in [2.24, 2.45) is 0 Å². The zero-order valence-corrected chi connectivity index (χ0v) is 23.0. The molecule has 0 saturated carbocycles. The Kier molecular flexibility index (Phi) is 2.28. The van der Waals surface area contributed by atoms with Gasteiger partial charge in [0.2, 0.25) is 5.95 Å². The van der Waals surface area contributed by atoms with Gasteiger partial charge in [-0.3, -0.25) is 4.57 Å². The van der Waals surface area contributed by atoms with Gasteiger partial charge in [0.25, 0.3) is 0 Å². The number of hydrogen-bond donors (Lipinski definition) is 0. The van der Waals surface area contributed by atoms with E-state index < -0.39 is 201 Å². The van der Waals surface area contributed by atoms with Crippen LogP contribution in [-0.4, -0.2) is 19.1 Å². The highest BCUT2D eigenvalue weighted by Crippen LogP contribution is 2.40. The van der Waals surface area contributed by atoms with E-state index >= 15 is 0 Å². The van der Waals surface area contributed by atoms with Crippen LogP contribution < -0.4 is 0 Å². The van der Waals surface area contributed by atoms with Gasteiger partial charge in [-0.05, 0) is 47.9 Å².